The summed E-state index contributed by atoms with van der Waals surface area (Å²) in [6.07, 6.45) is 8.09. The first-order valence-corrected chi connectivity index (χ1v) is 9.25. The van der Waals surface area contributed by atoms with Crippen molar-refractivity contribution in [2.24, 2.45) is 0 Å². The number of rotatable bonds is 4. The smallest absolute Gasteiger partial charge is 0.0338 e. The molecule has 21 heavy (non-hydrogen) atoms. The molecule has 116 valence electrons. The van der Waals surface area contributed by atoms with Gasteiger partial charge in [0.2, 0.25) is 0 Å². The predicted octanol–water partition coefficient (Wildman–Crippen LogP) is 4.34. The van der Waals surface area contributed by atoms with E-state index in [1.165, 1.54) is 61.7 Å². The molecule has 1 saturated heterocycles. The Labute approximate surface area is 137 Å². The van der Waals surface area contributed by atoms with Gasteiger partial charge in [0.25, 0.3) is 0 Å². The Morgan fingerprint density at radius 1 is 1.29 bits per heavy atom. The molecule has 3 heteroatoms. The molecule has 1 aliphatic carbocycles. The molecule has 1 saturated carbocycles. The fourth-order valence-electron chi connectivity index (χ4n) is 4.10. The van der Waals surface area contributed by atoms with Gasteiger partial charge in [-0.3, -0.25) is 4.90 Å². The molecule has 1 N–H and O–H groups in total. The van der Waals surface area contributed by atoms with Gasteiger partial charge in [-0.15, -0.1) is 0 Å². The average molecular weight is 351 g/mol. The molecule has 1 aromatic rings. The topological polar surface area (TPSA) is 15.3 Å². The van der Waals surface area contributed by atoms with Gasteiger partial charge >= 0.3 is 0 Å². The molecular formula is C18H27BrN2. The van der Waals surface area contributed by atoms with Crippen LogP contribution in [-0.2, 0) is 6.54 Å². The molecule has 1 aliphatic heterocycles. The Kier molecular flexibility index (Phi) is 5.03. The molecule has 1 aromatic carbocycles. The number of halogens is 1. The van der Waals surface area contributed by atoms with Crippen molar-refractivity contribution < 1.29 is 0 Å². The second-order valence-electron chi connectivity index (χ2n) is 6.77. The lowest BCUT2D eigenvalue weighted by molar-refractivity contribution is 0.0336. The second kappa shape index (κ2) is 6.80. The molecule has 3 rings (SSSR count). The Hall–Kier alpha value is -0.380. The monoisotopic (exact) mass is 350 g/mol. The number of piperazine rings is 1. The minimum atomic E-state index is 0.416. The van der Waals surface area contributed by atoms with E-state index in [1.54, 1.807) is 0 Å². The Morgan fingerprint density at radius 2 is 2.05 bits per heavy atom. The van der Waals surface area contributed by atoms with Crippen molar-refractivity contribution in [3.05, 3.63) is 34.3 Å². The quantitative estimate of drug-likeness (QED) is 0.868. The molecule has 2 fully saturated rings. The fraction of sp³-hybridized carbons (Fsp3) is 0.667. The van der Waals surface area contributed by atoms with E-state index in [9.17, 15) is 0 Å². The first-order valence-electron chi connectivity index (χ1n) is 8.45. The normalized spacial score (nSPS) is 25.5. The lowest BCUT2D eigenvalue weighted by Crippen LogP contribution is -2.63. The highest BCUT2D eigenvalue weighted by molar-refractivity contribution is 9.10. The van der Waals surface area contributed by atoms with Crippen molar-refractivity contribution in [1.29, 1.82) is 0 Å². The van der Waals surface area contributed by atoms with Crippen LogP contribution in [0.5, 0.6) is 0 Å². The summed E-state index contributed by atoms with van der Waals surface area (Å²) in [5.74, 6) is 0. The van der Waals surface area contributed by atoms with E-state index in [1.807, 2.05) is 0 Å². The third kappa shape index (κ3) is 3.35. The highest BCUT2D eigenvalue weighted by atomic mass is 79.9. The molecule has 1 heterocycles. The first kappa shape index (κ1) is 15.5. The average Bonchev–Trinajstić information content (AvgIpc) is 2.95. The van der Waals surface area contributed by atoms with Gasteiger partial charge < -0.3 is 5.32 Å². The van der Waals surface area contributed by atoms with Crippen LogP contribution in [0.15, 0.2) is 28.7 Å². The first-order chi connectivity index (χ1) is 10.2. The van der Waals surface area contributed by atoms with Crippen LogP contribution >= 0.6 is 15.9 Å². The molecular weight excluding hydrogens is 324 g/mol. The highest BCUT2D eigenvalue weighted by Crippen LogP contribution is 2.38. The van der Waals surface area contributed by atoms with Crippen LogP contribution in [0.25, 0.3) is 0 Å². The van der Waals surface area contributed by atoms with Crippen LogP contribution in [0.3, 0.4) is 0 Å². The van der Waals surface area contributed by atoms with Crippen molar-refractivity contribution >= 4 is 15.9 Å². The summed E-state index contributed by atoms with van der Waals surface area (Å²) in [6, 6.07) is 9.37. The lowest BCUT2D eigenvalue weighted by atomic mass is 9.89. The van der Waals surface area contributed by atoms with Gasteiger partial charge in [0.05, 0.1) is 0 Å². The van der Waals surface area contributed by atoms with Crippen LogP contribution in [0.1, 0.15) is 51.0 Å². The summed E-state index contributed by atoms with van der Waals surface area (Å²) >= 11 is 3.72. The van der Waals surface area contributed by atoms with Gasteiger partial charge in [-0.1, -0.05) is 60.3 Å². The maximum Gasteiger partial charge on any atom is 0.0338 e. The third-order valence-electron chi connectivity index (χ3n) is 5.32. The lowest BCUT2D eigenvalue weighted by Gasteiger charge is -2.48. The van der Waals surface area contributed by atoms with Crippen LogP contribution < -0.4 is 5.32 Å². The van der Waals surface area contributed by atoms with Crippen molar-refractivity contribution in [2.75, 3.05) is 13.1 Å². The second-order valence-corrected chi connectivity index (χ2v) is 7.62. The van der Waals surface area contributed by atoms with E-state index in [2.05, 4.69) is 57.3 Å². The summed E-state index contributed by atoms with van der Waals surface area (Å²) in [7, 11) is 0. The van der Waals surface area contributed by atoms with Crippen LogP contribution in [0.2, 0.25) is 0 Å². The summed E-state index contributed by atoms with van der Waals surface area (Å²) in [6.45, 7) is 5.76. The predicted molar refractivity (Wildman–Crippen MR) is 92.4 cm³/mol. The summed E-state index contributed by atoms with van der Waals surface area (Å²) in [5, 5.41) is 3.83. The minimum Gasteiger partial charge on any atom is -0.311 e. The SMILES string of the molecule is CCCC1CN(Cc2ccccc2Br)C2(CCCC2)CN1. The van der Waals surface area contributed by atoms with Crippen molar-refractivity contribution in [1.82, 2.24) is 10.2 Å². The number of hydrogen-bond acceptors (Lipinski definition) is 2. The number of hydrogen-bond donors (Lipinski definition) is 1. The van der Waals surface area contributed by atoms with Gasteiger partial charge in [0, 0.05) is 35.7 Å². The number of nitrogens with zero attached hydrogens (tertiary/aromatic N) is 1. The summed E-state index contributed by atoms with van der Waals surface area (Å²) in [4.78, 5) is 2.79. The molecule has 0 amide bonds. The standard InChI is InChI=1S/C18H27BrN2/c1-2-7-16-13-21(12-15-8-3-4-9-17(15)19)18(14-20-16)10-5-6-11-18/h3-4,8-9,16,20H,2,5-7,10-14H2,1H3. The van der Waals surface area contributed by atoms with E-state index in [4.69, 9.17) is 0 Å². The van der Waals surface area contributed by atoms with Gasteiger partial charge in [-0.25, -0.2) is 0 Å². The summed E-state index contributed by atoms with van der Waals surface area (Å²) in [5.41, 5.74) is 1.85. The van der Waals surface area contributed by atoms with Crippen LogP contribution in [-0.4, -0.2) is 29.6 Å². The molecule has 0 aromatic heterocycles. The molecule has 2 nitrogen and oxygen atoms in total. The van der Waals surface area contributed by atoms with E-state index in [0.29, 0.717) is 11.6 Å². The largest absolute Gasteiger partial charge is 0.311 e. The molecule has 1 unspecified atom stereocenters. The fourth-order valence-corrected chi connectivity index (χ4v) is 4.51. The molecule has 2 aliphatic rings. The maximum absolute atomic E-state index is 3.83. The third-order valence-corrected chi connectivity index (χ3v) is 6.10. The van der Waals surface area contributed by atoms with Gasteiger partial charge in [-0.05, 0) is 30.9 Å². The molecule has 0 bridgehead atoms. The highest BCUT2D eigenvalue weighted by Gasteiger charge is 2.43. The zero-order valence-electron chi connectivity index (χ0n) is 13.1. The molecule has 1 spiro atoms. The van der Waals surface area contributed by atoms with Gasteiger partial charge in [0.15, 0.2) is 0 Å². The van der Waals surface area contributed by atoms with Gasteiger partial charge in [-0.2, -0.15) is 0 Å². The number of nitrogens with one attached hydrogen (secondary N) is 1. The van der Waals surface area contributed by atoms with E-state index < -0.39 is 0 Å². The van der Waals surface area contributed by atoms with Crippen molar-refractivity contribution in [3.8, 4) is 0 Å². The maximum atomic E-state index is 3.83. The minimum absolute atomic E-state index is 0.416. The van der Waals surface area contributed by atoms with E-state index >= 15 is 0 Å². The Bertz CT molecular complexity index is 468. The van der Waals surface area contributed by atoms with Crippen molar-refractivity contribution in [2.45, 2.75) is 63.6 Å². The molecule has 0 radical (unpaired) electrons. The van der Waals surface area contributed by atoms with Crippen LogP contribution in [0, 0.1) is 0 Å². The Balaban J connectivity index is 1.78. The zero-order chi connectivity index (χ0) is 14.7. The Morgan fingerprint density at radius 3 is 2.76 bits per heavy atom. The summed E-state index contributed by atoms with van der Waals surface area (Å²) < 4.78 is 1.25. The van der Waals surface area contributed by atoms with Crippen LogP contribution in [0.4, 0.5) is 0 Å². The van der Waals surface area contributed by atoms with Crippen molar-refractivity contribution in [3.63, 3.8) is 0 Å². The van der Waals surface area contributed by atoms with Gasteiger partial charge in [0.1, 0.15) is 0 Å². The van der Waals surface area contributed by atoms with E-state index in [-0.39, 0.29) is 0 Å². The zero-order valence-corrected chi connectivity index (χ0v) is 14.7. The van der Waals surface area contributed by atoms with E-state index in [0.717, 1.165) is 6.54 Å². The molecule has 1 atom stereocenters. The number of benzene rings is 1.